The van der Waals surface area contributed by atoms with Crippen LogP contribution in [0.4, 0.5) is 11.4 Å². The lowest BCUT2D eigenvalue weighted by molar-refractivity contribution is -0.384. The largest absolute Gasteiger partial charge is 0.452 e. The third-order valence-electron chi connectivity index (χ3n) is 3.89. The van der Waals surface area contributed by atoms with Gasteiger partial charge in [-0.05, 0) is 13.0 Å². The fraction of sp³-hybridized carbons (Fsp3) is 0.105. The molecule has 9 nitrogen and oxygen atoms in total. The number of esters is 1. The third kappa shape index (κ3) is 4.58. The van der Waals surface area contributed by atoms with Gasteiger partial charge >= 0.3 is 5.97 Å². The van der Waals surface area contributed by atoms with Gasteiger partial charge < -0.3 is 14.6 Å². The first-order chi connectivity index (χ1) is 13.9. The van der Waals surface area contributed by atoms with E-state index in [1.807, 2.05) is 6.07 Å². The molecule has 0 aliphatic heterocycles. The molecule has 1 heterocycles. The molecule has 0 spiro atoms. The van der Waals surface area contributed by atoms with Crippen molar-refractivity contribution in [2.24, 2.45) is 0 Å². The Bertz CT molecular complexity index is 1080. The number of hydrogen-bond acceptors (Lipinski definition) is 7. The molecule has 0 saturated heterocycles. The number of halogens is 1. The number of aryl methyl sites for hydroxylation is 1. The molecule has 1 aromatic heterocycles. The maximum atomic E-state index is 12.5. The lowest BCUT2D eigenvalue weighted by Crippen LogP contribution is -2.21. The average Bonchev–Trinajstić information content (AvgIpc) is 3.09. The van der Waals surface area contributed by atoms with Crippen molar-refractivity contribution >= 4 is 34.9 Å². The van der Waals surface area contributed by atoms with Gasteiger partial charge in [-0.1, -0.05) is 47.1 Å². The molecule has 0 aliphatic rings. The summed E-state index contributed by atoms with van der Waals surface area (Å²) in [5, 5.41) is 17.0. The lowest BCUT2D eigenvalue weighted by Gasteiger charge is -2.08. The smallest absolute Gasteiger partial charge is 0.344 e. The van der Waals surface area contributed by atoms with Crippen LogP contribution in [0.2, 0.25) is 5.02 Å². The van der Waals surface area contributed by atoms with Crippen LogP contribution < -0.4 is 5.32 Å². The summed E-state index contributed by atoms with van der Waals surface area (Å²) < 4.78 is 10.2. The number of rotatable bonds is 6. The van der Waals surface area contributed by atoms with Gasteiger partial charge in [0.15, 0.2) is 6.61 Å². The molecule has 0 fully saturated rings. The van der Waals surface area contributed by atoms with E-state index in [2.05, 4.69) is 10.5 Å². The molecule has 3 aromatic rings. The van der Waals surface area contributed by atoms with E-state index in [1.165, 1.54) is 12.1 Å². The number of hydrogen-bond donors (Lipinski definition) is 1. The molecular weight excluding hydrogens is 402 g/mol. The predicted octanol–water partition coefficient (Wildman–Crippen LogP) is 4.01. The number of nitro benzene ring substituents is 1. The zero-order valence-electron chi connectivity index (χ0n) is 15.0. The molecule has 0 saturated carbocycles. The molecule has 1 N–H and O–H groups in total. The van der Waals surface area contributed by atoms with Crippen molar-refractivity contribution in [2.45, 2.75) is 6.92 Å². The van der Waals surface area contributed by atoms with E-state index in [0.29, 0.717) is 11.3 Å². The number of amides is 1. The Hall–Kier alpha value is -3.72. The van der Waals surface area contributed by atoms with Gasteiger partial charge in [0, 0.05) is 17.7 Å². The highest BCUT2D eigenvalue weighted by atomic mass is 35.5. The van der Waals surface area contributed by atoms with Crippen LogP contribution in [0, 0.1) is 17.0 Å². The summed E-state index contributed by atoms with van der Waals surface area (Å²) in [4.78, 5) is 34.7. The van der Waals surface area contributed by atoms with Crippen molar-refractivity contribution in [3.05, 3.63) is 75.0 Å². The molecular formula is C19H14ClN3O6. The summed E-state index contributed by atoms with van der Waals surface area (Å²) in [6, 6.07) is 12.5. The van der Waals surface area contributed by atoms with Crippen molar-refractivity contribution in [1.82, 2.24) is 5.16 Å². The van der Waals surface area contributed by atoms with Gasteiger partial charge in [-0.3, -0.25) is 14.9 Å². The average molecular weight is 416 g/mol. The minimum absolute atomic E-state index is 0.0138. The first kappa shape index (κ1) is 20.0. The summed E-state index contributed by atoms with van der Waals surface area (Å²) in [6.45, 7) is 0.970. The van der Waals surface area contributed by atoms with Gasteiger partial charge in [0.2, 0.25) is 0 Å². The van der Waals surface area contributed by atoms with Gasteiger partial charge in [-0.25, -0.2) is 4.79 Å². The van der Waals surface area contributed by atoms with E-state index in [4.69, 9.17) is 20.9 Å². The van der Waals surface area contributed by atoms with E-state index in [9.17, 15) is 19.7 Å². The summed E-state index contributed by atoms with van der Waals surface area (Å²) in [7, 11) is 0. The molecule has 0 bridgehead atoms. The Morgan fingerprint density at radius 3 is 2.62 bits per heavy atom. The first-order valence-corrected chi connectivity index (χ1v) is 8.67. The fourth-order valence-corrected chi connectivity index (χ4v) is 2.74. The summed E-state index contributed by atoms with van der Waals surface area (Å²) in [5.74, 6) is -1.18. The molecule has 3 rings (SSSR count). The Labute approximate surface area is 169 Å². The molecule has 0 unspecified atom stereocenters. The minimum atomic E-state index is -0.771. The number of aromatic nitrogens is 1. The number of ether oxygens (including phenoxy) is 1. The van der Waals surface area contributed by atoms with Gasteiger partial charge in [-0.2, -0.15) is 0 Å². The maximum Gasteiger partial charge on any atom is 0.344 e. The Balaban J connectivity index is 1.67. The first-order valence-electron chi connectivity index (χ1n) is 8.29. The number of carbonyl (C=O) groups excluding carboxylic acids is 2. The molecule has 0 radical (unpaired) electrons. The molecule has 148 valence electrons. The molecule has 2 aromatic carbocycles. The van der Waals surface area contributed by atoms with Crippen LogP contribution in [0.15, 0.2) is 53.1 Å². The monoisotopic (exact) mass is 415 g/mol. The quantitative estimate of drug-likeness (QED) is 0.366. The van der Waals surface area contributed by atoms with E-state index < -0.39 is 23.4 Å². The van der Waals surface area contributed by atoms with Gasteiger partial charge in [0.1, 0.15) is 17.0 Å². The zero-order valence-corrected chi connectivity index (χ0v) is 15.8. The van der Waals surface area contributed by atoms with Gasteiger partial charge in [0.25, 0.3) is 11.6 Å². The van der Waals surface area contributed by atoms with Crippen LogP contribution in [-0.4, -0.2) is 28.6 Å². The second kappa shape index (κ2) is 8.53. The van der Waals surface area contributed by atoms with E-state index in [1.54, 1.807) is 31.2 Å². The number of nitrogens with one attached hydrogen (secondary N) is 1. The molecule has 0 atom stereocenters. The van der Waals surface area contributed by atoms with Crippen LogP contribution in [0.25, 0.3) is 11.3 Å². The van der Waals surface area contributed by atoms with Crippen molar-refractivity contribution in [2.75, 3.05) is 11.9 Å². The Morgan fingerprint density at radius 2 is 1.97 bits per heavy atom. The number of nitro groups is 1. The van der Waals surface area contributed by atoms with E-state index in [0.717, 1.165) is 6.07 Å². The van der Waals surface area contributed by atoms with Crippen molar-refractivity contribution < 1.29 is 23.8 Å². The van der Waals surface area contributed by atoms with Crippen LogP contribution in [0.5, 0.6) is 0 Å². The topological polar surface area (TPSA) is 125 Å². The number of carbonyl (C=O) groups is 2. The lowest BCUT2D eigenvalue weighted by atomic mass is 10.1. The Morgan fingerprint density at radius 1 is 1.24 bits per heavy atom. The predicted molar refractivity (Wildman–Crippen MR) is 104 cm³/mol. The SMILES string of the molecule is Cc1onc(-c2ccccc2)c1C(=O)OCC(=O)Nc1ccc([N+](=O)[O-])cc1Cl. The van der Waals surface area contributed by atoms with Crippen molar-refractivity contribution in [3.63, 3.8) is 0 Å². The van der Waals surface area contributed by atoms with E-state index in [-0.39, 0.29) is 27.7 Å². The molecule has 10 heteroatoms. The maximum absolute atomic E-state index is 12.5. The second-order valence-corrected chi connectivity index (χ2v) is 6.28. The number of non-ortho nitro benzene ring substituents is 1. The van der Waals surface area contributed by atoms with Crippen LogP contribution >= 0.6 is 11.6 Å². The number of benzene rings is 2. The van der Waals surface area contributed by atoms with Crippen LogP contribution in [0.1, 0.15) is 16.1 Å². The normalized spacial score (nSPS) is 10.4. The van der Waals surface area contributed by atoms with Crippen molar-refractivity contribution in [1.29, 1.82) is 0 Å². The highest BCUT2D eigenvalue weighted by Gasteiger charge is 2.23. The molecule has 0 aliphatic carbocycles. The second-order valence-electron chi connectivity index (χ2n) is 5.87. The fourth-order valence-electron chi connectivity index (χ4n) is 2.51. The zero-order chi connectivity index (χ0) is 21.0. The van der Waals surface area contributed by atoms with Gasteiger partial charge in [0.05, 0.1) is 15.6 Å². The number of anilines is 1. The van der Waals surface area contributed by atoms with Crippen LogP contribution in [0.3, 0.4) is 0 Å². The number of nitrogens with zero attached hydrogens (tertiary/aromatic N) is 2. The van der Waals surface area contributed by atoms with Crippen molar-refractivity contribution in [3.8, 4) is 11.3 Å². The third-order valence-corrected chi connectivity index (χ3v) is 4.20. The summed E-state index contributed by atoms with van der Waals surface area (Å²) >= 11 is 5.92. The van der Waals surface area contributed by atoms with Crippen LogP contribution in [-0.2, 0) is 9.53 Å². The van der Waals surface area contributed by atoms with Gasteiger partial charge in [-0.15, -0.1) is 0 Å². The molecule has 1 amide bonds. The standard InChI is InChI=1S/C19H14ClN3O6/c1-11-17(18(22-29-11)12-5-3-2-4-6-12)19(25)28-10-16(24)21-15-8-7-13(23(26)27)9-14(15)20/h2-9H,10H2,1H3,(H,21,24). The van der Waals surface area contributed by atoms with E-state index >= 15 is 0 Å². The summed E-state index contributed by atoms with van der Waals surface area (Å²) in [5.41, 5.74) is 1.04. The minimum Gasteiger partial charge on any atom is -0.452 e. The summed E-state index contributed by atoms with van der Waals surface area (Å²) in [6.07, 6.45) is 0. The Kier molecular flexibility index (Phi) is 5.89. The highest BCUT2D eigenvalue weighted by molar-refractivity contribution is 6.34. The highest BCUT2D eigenvalue weighted by Crippen LogP contribution is 2.27. The molecule has 29 heavy (non-hydrogen) atoms.